The van der Waals surface area contributed by atoms with Crippen LogP contribution in [-0.2, 0) is 6.18 Å². The SMILES string of the molecule is NC(=O)c1cc(C(F)(F)F)nc(C(F)F)c1[N+](=O)[O-]. The standard InChI is InChI=1S/C8H4F5N3O3/c9-6(10)4-5(16(18)19)2(7(14)17)1-3(15-4)8(11,12)13/h1,6H,(H2,14,17). The van der Waals surface area contributed by atoms with Crippen molar-refractivity contribution >= 4 is 11.6 Å². The normalized spacial score (nSPS) is 11.7. The fourth-order valence-corrected chi connectivity index (χ4v) is 1.24. The van der Waals surface area contributed by atoms with Crippen LogP contribution in [0.1, 0.15) is 28.2 Å². The Morgan fingerprint density at radius 1 is 1.42 bits per heavy atom. The predicted molar refractivity (Wildman–Crippen MR) is 49.4 cm³/mol. The summed E-state index contributed by atoms with van der Waals surface area (Å²) >= 11 is 0. The van der Waals surface area contributed by atoms with Gasteiger partial charge in [-0.1, -0.05) is 0 Å². The van der Waals surface area contributed by atoms with Crippen LogP contribution in [0.3, 0.4) is 0 Å². The molecule has 2 N–H and O–H groups in total. The number of carbonyl (C=O) groups excluding carboxylic acids is 1. The maximum atomic E-state index is 12.5. The fraction of sp³-hybridized carbons (Fsp3) is 0.250. The average Bonchev–Trinajstić information content (AvgIpc) is 2.25. The molecular formula is C8H4F5N3O3. The van der Waals surface area contributed by atoms with Crippen molar-refractivity contribution in [3.05, 3.63) is 33.1 Å². The Bertz CT molecular complexity index is 543. The van der Waals surface area contributed by atoms with Crippen LogP contribution in [-0.4, -0.2) is 15.8 Å². The zero-order valence-corrected chi connectivity index (χ0v) is 8.74. The second-order valence-electron chi connectivity index (χ2n) is 3.21. The number of halogens is 5. The van der Waals surface area contributed by atoms with Crippen LogP contribution in [0.4, 0.5) is 27.6 Å². The summed E-state index contributed by atoms with van der Waals surface area (Å²) in [6.45, 7) is 0. The van der Waals surface area contributed by atoms with Crippen molar-refractivity contribution in [2.45, 2.75) is 12.6 Å². The molecule has 0 atom stereocenters. The van der Waals surface area contributed by atoms with Gasteiger partial charge in [0.1, 0.15) is 11.3 Å². The lowest BCUT2D eigenvalue weighted by molar-refractivity contribution is -0.386. The van der Waals surface area contributed by atoms with Gasteiger partial charge in [0.15, 0.2) is 5.69 Å². The molecule has 0 aliphatic rings. The summed E-state index contributed by atoms with van der Waals surface area (Å²) in [7, 11) is 0. The Balaban J connectivity index is 3.73. The Kier molecular flexibility index (Phi) is 3.68. The number of nitro groups is 1. The van der Waals surface area contributed by atoms with Crippen molar-refractivity contribution in [3.8, 4) is 0 Å². The first-order chi connectivity index (χ1) is 8.55. The first kappa shape index (κ1) is 14.7. The van der Waals surface area contributed by atoms with E-state index in [1.54, 1.807) is 0 Å². The Labute approximate surface area is 101 Å². The highest BCUT2D eigenvalue weighted by molar-refractivity contribution is 5.97. The second-order valence-corrected chi connectivity index (χ2v) is 3.21. The molecule has 11 heteroatoms. The van der Waals surface area contributed by atoms with Gasteiger partial charge >= 0.3 is 11.9 Å². The van der Waals surface area contributed by atoms with E-state index in [2.05, 4.69) is 10.7 Å². The summed E-state index contributed by atoms with van der Waals surface area (Å²) in [5, 5.41) is 10.6. The maximum Gasteiger partial charge on any atom is 0.433 e. The Hall–Kier alpha value is -2.33. The van der Waals surface area contributed by atoms with E-state index in [0.29, 0.717) is 0 Å². The molecule has 1 aromatic rings. The lowest BCUT2D eigenvalue weighted by Crippen LogP contribution is -2.19. The molecule has 0 aliphatic heterocycles. The molecule has 0 spiro atoms. The molecule has 1 rings (SSSR count). The predicted octanol–water partition coefficient (Wildman–Crippen LogP) is 2.05. The third-order valence-corrected chi connectivity index (χ3v) is 1.96. The molecular weight excluding hydrogens is 281 g/mol. The molecule has 0 aliphatic carbocycles. The van der Waals surface area contributed by atoms with E-state index in [-0.39, 0.29) is 6.07 Å². The Morgan fingerprint density at radius 2 is 1.95 bits per heavy atom. The number of hydrogen-bond donors (Lipinski definition) is 1. The van der Waals surface area contributed by atoms with Crippen LogP contribution in [0.5, 0.6) is 0 Å². The minimum absolute atomic E-state index is 0.0354. The van der Waals surface area contributed by atoms with Crippen LogP contribution in [0.15, 0.2) is 6.07 Å². The van der Waals surface area contributed by atoms with Gasteiger partial charge in [-0.3, -0.25) is 14.9 Å². The molecule has 0 aromatic carbocycles. The number of amides is 1. The molecule has 0 fully saturated rings. The average molecular weight is 285 g/mol. The van der Waals surface area contributed by atoms with Crippen LogP contribution in [0.25, 0.3) is 0 Å². The third-order valence-electron chi connectivity index (χ3n) is 1.96. The van der Waals surface area contributed by atoms with Crippen molar-refractivity contribution < 1.29 is 31.7 Å². The van der Waals surface area contributed by atoms with Crippen LogP contribution < -0.4 is 5.73 Å². The van der Waals surface area contributed by atoms with Gasteiger partial charge in [-0.2, -0.15) is 13.2 Å². The zero-order valence-electron chi connectivity index (χ0n) is 8.74. The molecule has 0 radical (unpaired) electrons. The fourth-order valence-electron chi connectivity index (χ4n) is 1.24. The van der Waals surface area contributed by atoms with E-state index in [4.69, 9.17) is 0 Å². The zero-order chi connectivity index (χ0) is 15.0. The van der Waals surface area contributed by atoms with E-state index in [1.165, 1.54) is 0 Å². The molecule has 1 amide bonds. The highest BCUT2D eigenvalue weighted by Crippen LogP contribution is 2.36. The van der Waals surface area contributed by atoms with Gasteiger partial charge in [0.05, 0.1) is 4.92 Å². The largest absolute Gasteiger partial charge is 0.433 e. The number of nitrogens with zero attached hydrogens (tertiary/aromatic N) is 2. The number of pyridine rings is 1. The summed E-state index contributed by atoms with van der Waals surface area (Å²) < 4.78 is 62.2. The summed E-state index contributed by atoms with van der Waals surface area (Å²) in [4.78, 5) is 22.5. The van der Waals surface area contributed by atoms with Crippen molar-refractivity contribution in [3.63, 3.8) is 0 Å². The van der Waals surface area contributed by atoms with Gasteiger partial charge in [-0.15, -0.1) is 0 Å². The van der Waals surface area contributed by atoms with E-state index in [1.807, 2.05) is 0 Å². The van der Waals surface area contributed by atoms with Gasteiger partial charge in [-0.05, 0) is 6.07 Å². The second kappa shape index (κ2) is 4.74. The van der Waals surface area contributed by atoms with Gasteiger partial charge in [0.2, 0.25) is 0 Å². The molecule has 1 aromatic heterocycles. The number of carbonyl (C=O) groups is 1. The van der Waals surface area contributed by atoms with Gasteiger partial charge in [0, 0.05) is 0 Å². The summed E-state index contributed by atoms with van der Waals surface area (Å²) in [6, 6.07) is -0.0354. The summed E-state index contributed by atoms with van der Waals surface area (Å²) in [5.74, 6) is -1.64. The lowest BCUT2D eigenvalue weighted by Gasteiger charge is -2.10. The van der Waals surface area contributed by atoms with Crippen molar-refractivity contribution in [1.82, 2.24) is 4.98 Å². The van der Waals surface area contributed by atoms with E-state index >= 15 is 0 Å². The van der Waals surface area contributed by atoms with Crippen LogP contribution in [0.2, 0.25) is 0 Å². The third kappa shape index (κ3) is 2.92. The van der Waals surface area contributed by atoms with Gasteiger partial charge in [0.25, 0.3) is 12.3 Å². The first-order valence-electron chi connectivity index (χ1n) is 4.40. The minimum Gasteiger partial charge on any atom is -0.365 e. The maximum absolute atomic E-state index is 12.5. The van der Waals surface area contributed by atoms with E-state index in [9.17, 15) is 36.9 Å². The highest BCUT2D eigenvalue weighted by Gasteiger charge is 2.39. The molecule has 6 nitrogen and oxygen atoms in total. The molecule has 0 bridgehead atoms. The van der Waals surface area contributed by atoms with Gasteiger partial charge < -0.3 is 5.73 Å². The van der Waals surface area contributed by atoms with Gasteiger partial charge in [-0.25, -0.2) is 13.8 Å². The minimum atomic E-state index is -5.15. The van der Waals surface area contributed by atoms with Crippen molar-refractivity contribution in [1.29, 1.82) is 0 Å². The smallest absolute Gasteiger partial charge is 0.365 e. The van der Waals surface area contributed by atoms with E-state index in [0.717, 1.165) is 0 Å². The number of alkyl halides is 5. The van der Waals surface area contributed by atoms with Crippen molar-refractivity contribution in [2.75, 3.05) is 0 Å². The highest BCUT2D eigenvalue weighted by atomic mass is 19.4. The number of primary amides is 1. The number of nitrogens with two attached hydrogens (primary N) is 1. The molecule has 0 unspecified atom stereocenters. The monoisotopic (exact) mass is 285 g/mol. The van der Waals surface area contributed by atoms with Crippen LogP contribution >= 0.6 is 0 Å². The number of aromatic nitrogens is 1. The molecule has 0 saturated heterocycles. The van der Waals surface area contributed by atoms with Crippen molar-refractivity contribution in [2.24, 2.45) is 5.73 Å². The lowest BCUT2D eigenvalue weighted by atomic mass is 10.1. The van der Waals surface area contributed by atoms with Crippen LogP contribution in [0, 0.1) is 10.1 Å². The first-order valence-corrected chi connectivity index (χ1v) is 4.40. The Morgan fingerprint density at radius 3 is 2.26 bits per heavy atom. The number of hydrogen-bond acceptors (Lipinski definition) is 4. The van der Waals surface area contributed by atoms with E-state index < -0.39 is 46.1 Å². The molecule has 19 heavy (non-hydrogen) atoms. The topological polar surface area (TPSA) is 99.1 Å². The number of rotatable bonds is 3. The molecule has 104 valence electrons. The summed E-state index contributed by atoms with van der Waals surface area (Å²) in [6.07, 6.45) is -8.82. The summed E-state index contributed by atoms with van der Waals surface area (Å²) in [5.41, 5.74) is -1.77. The quantitative estimate of drug-likeness (QED) is 0.521. The molecule has 0 saturated carbocycles. The molecule has 1 heterocycles.